The van der Waals surface area contributed by atoms with Crippen LogP contribution in [0.3, 0.4) is 0 Å². The minimum Gasteiger partial charge on any atom is -0.382 e. The number of fused-ring (bicyclic) bond motifs is 1. The minimum absolute atomic E-state index is 0.246. The van der Waals surface area contributed by atoms with Crippen LogP contribution in [-0.2, 0) is 4.74 Å². The fourth-order valence-electron chi connectivity index (χ4n) is 2.27. The Balaban J connectivity index is 2.51. The molecular formula is C13H19NO. The van der Waals surface area contributed by atoms with E-state index in [9.17, 15) is 0 Å². The van der Waals surface area contributed by atoms with Gasteiger partial charge >= 0.3 is 0 Å². The van der Waals surface area contributed by atoms with E-state index in [4.69, 9.17) is 4.74 Å². The molecule has 0 amide bonds. The Morgan fingerprint density at radius 2 is 2.07 bits per heavy atom. The molecule has 82 valence electrons. The van der Waals surface area contributed by atoms with E-state index in [1.165, 1.54) is 22.4 Å². The first-order chi connectivity index (χ1) is 7.13. The van der Waals surface area contributed by atoms with Crippen LogP contribution < -0.4 is 5.32 Å². The van der Waals surface area contributed by atoms with Crippen molar-refractivity contribution in [2.24, 2.45) is 0 Å². The normalized spacial score (nSPS) is 24.5. The molecule has 0 aliphatic carbocycles. The van der Waals surface area contributed by atoms with Gasteiger partial charge in [0.2, 0.25) is 0 Å². The predicted molar refractivity (Wildman–Crippen MR) is 63.4 cm³/mol. The quantitative estimate of drug-likeness (QED) is 0.760. The molecule has 0 spiro atoms. The summed E-state index contributed by atoms with van der Waals surface area (Å²) in [6, 6.07) is 4.85. The van der Waals surface area contributed by atoms with E-state index in [-0.39, 0.29) is 6.10 Å². The Morgan fingerprint density at radius 3 is 2.73 bits per heavy atom. The summed E-state index contributed by atoms with van der Waals surface area (Å²) in [5, 5.41) is 3.55. The number of rotatable bonds is 1. The van der Waals surface area contributed by atoms with E-state index in [0.29, 0.717) is 6.04 Å². The maximum atomic E-state index is 5.54. The van der Waals surface area contributed by atoms with Crippen LogP contribution in [0.2, 0.25) is 0 Å². The van der Waals surface area contributed by atoms with Crippen molar-refractivity contribution in [3.8, 4) is 0 Å². The standard InChI is InChI=1S/C13H19NO/c1-8-5-6-11-12(15-4)7-9(2)14-13(11)10(8)3/h5-6,9,12,14H,7H2,1-4H3. The first-order valence-corrected chi connectivity index (χ1v) is 5.53. The Kier molecular flexibility index (Phi) is 2.70. The van der Waals surface area contributed by atoms with Crippen molar-refractivity contribution < 1.29 is 4.74 Å². The molecule has 0 saturated carbocycles. The summed E-state index contributed by atoms with van der Waals surface area (Å²) in [7, 11) is 1.79. The van der Waals surface area contributed by atoms with Crippen molar-refractivity contribution in [3.05, 3.63) is 28.8 Å². The van der Waals surface area contributed by atoms with Crippen LogP contribution in [0.15, 0.2) is 12.1 Å². The zero-order chi connectivity index (χ0) is 11.0. The molecule has 1 aliphatic rings. The molecule has 0 aromatic heterocycles. The monoisotopic (exact) mass is 205 g/mol. The summed E-state index contributed by atoms with van der Waals surface area (Å²) >= 11 is 0. The molecule has 0 radical (unpaired) electrons. The van der Waals surface area contributed by atoms with E-state index in [0.717, 1.165) is 6.42 Å². The van der Waals surface area contributed by atoms with Gasteiger partial charge in [0.1, 0.15) is 0 Å². The van der Waals surface area contributed by atoms with Gasteiger partial charge in [-0.05, 0) is 38.3 Å². The highest BCUT2D eigenvalue weighted by Crippen LogP contribution is 2.37. The smallest absolute Gasteiger partial charge is 0.0860 e. The molecule has 2 unspecified atom stereocenters. The molecule has 1 N–H and O–H groups in total. The lowest BCUT2D eigenvalue weighted by Crippen LogP contribution is -2.27. The molecule has 0 saturated heterocycles. The van der Waals surface area contributed by atoms with Crippen LogP contribution in [0.25, 0.3) is 0 Å². The van der Waals surface area contributed by atoms with Crippen molar-refractivity contribution in [2.45, 2.75) is 39.3 Å². The third-order valence-corrected chi connectivity index (χ3v) is 3.36. The molecule has 2 nitrogen and oxygen atoms in total. The lowest BCUT2D eigenvalue weighted by atomic mass is 9.91. The van der Waals surface area contributed by atoms with Gasteiger partial charge < -0.3 is 10.1 Å². The van der Waals surface area contributed by atoms with Crippen molar-refractivity contribution in [3.63, 3.8) is 0 Å². The summed E-state index contributed by atoms with van der Waals surface area (Å²) in [6.45, 7) is 6.53. The highest BCUT2D eigenvalue weighted by Gasteiger charge is 2.25. The summed E-state index contributed by atoms with van der Waals surface area (Å²) < 4.78 is 5.54. The van der Waals surface area contributed by atoms with Gasteiger partial charge in [0, 0.05) is 24.4 Å². The lowest BCUT2D eigenvalue weighted by molar-refractivity contribution is 0.0894. The Hall–Kier alpha value is -1.02. The molecule has 2 heteroatoms. The number of methoxy groups -OCH3 is 1. The molecule has 0 bridgehead atoms. The van der Waals surface area contributed by atoms with Gasteiger partial charge in [-0.15, -0.1) is 0 Å². The molecular weight excluding hydrogens is 186 g/mol. The number of hydrogen-bond acceptors (Lipinski definition) is 2. The molecule has 15 heavy (non-hydrogen) atoms. The summed E-state index contributed by atoms with van der Waals surface area (Å²) in [5.74, 6) is 0. The highest BCUT2D eigenvalue weighted by atomic mass is 16.5. The Morgan fingerprint density at radius 1 is 1.33 bits per heavy atom. The molecule has 2 rings (SSSR count). The van der Waals surface area contributed by atoms with Gasteiger partial charge in [-0.3, -0.25) is 0 Å². The second-order valence-electron chi connectivity index (χ2n) is 4.48. The SMILES string of the molecule is COC1CC(C)Nc2c1ccc(C)c2C. The molecule has 1 aromatic rings. The summed E-state index contributed by atoms with van der Waals surface area (Å²) in [6.07, 6.45) is 1.29. The molecule has 1 aromatic carbocycles. The fourth-order valence-corrected chi connectivity index (χ4v) is 2.27. The van der Waals surface area contributed by atoms with Crippen molar-refractivity contribution >= 4 is 5.69 Å². The zero-order valence-electron chi connectivity index (χ0n) is 9.92. The summed E-state index contributed by atoms with van der Waals surface area (Å²) in [5.41, 5.74) is 5.27. The van der Waals surface area contributed by atoms with E-state index in [1.807, 2.05) is 0 Å². The average Bonchev–Trinajstić information content (AvgIpc) is 2.23. The van der Waals surface area contributed by atoms with Crippen LogP contribution in [0.5, 0.6) is 0 Å². The van der Waals surface area contributed by atoms with E-state index in [2.05, 4.69) is 38.2 Å². The van der Waals surface area contributed by atoms with Crippen LogP contribution >= 0.6 is 0 Å². The van der Waals surface area contributed by atoms with Crippen molar-refractivity contribution in [1.29, 1.82) is 0 Å². The number of aryl methyl sites for hydroxylation is 1. The van der Waals surface area contributed by atoms with Crippen LogP contribution in [-0.4, -0.2) is 13.2 Å². The van der Waals surface area contributed by atoms with E-state index >= 15 is 0 Å². The second kappa shape index (κ2) is 3.86. The molecule has 2 atom stereocenters. The van der Waals surface area contributed by atoms with Crippen molar-refractivity contribution in [2.75, 3.05) is 12.4 Å². The second-order valence-corrected chi connectivity index (χ2v) is 4.48. The predicted octanol–water partition coefficient (Wildman–Crippen LogP) is 3.20. The van der Waals surface area contributed by atoms with Gasteiger partial charge in [0.25, 0.3) is 0 Å². The maximum Gasteiger partial charge on any atom is 0.0860 e. The third-order valence-electron chi connectivity index (χ3n) is 3.36. The van der Waals surface area contributed by atoms with Crippen LogP contribution in [0, 0.1) is 13.8 Å². The van der Waals surface area contributed by atoms with Gasteiger partial charge in [-0.1, -0.05) is 12.1 Å². The molecule has 1 aliphatic heterocycles. The highest BCUT2D eigenvalue weighted by molar-refractivity contribution is 5.62. The topological polar surface area (TPSA) is 21.3 Å². The largest absolute Gasteiger partial charge is 0.382 e. The van der Waals surface area contributed by atoms with Gasteiger partial charge in [0.15, 0.2) is 0 Å². The summed E-state index contributed by atoms with van der Waals surface area (Å²) in [4.78, 5) is 0. The first kappa shape index (κ1) is 10.5. The van der Waals surface area contributed by atoms with Crippen molar-refractivity contribution in [1.82, 2.24) is 0 Å². The lowest BCUT2D eigenvalue weighted by Gasteiger charge is -2.32. The maximum absolute atomic E-state index is 5.54. The molecule has 1 heterocycles. The van der Waals surface area contributed by atoms with E-state index < -0.39 is 0 Å². The molecule has 0 fully saturated rings. The van der Waals surface area contributed by atoms with Crippen LogP contribution in [0.4, 0.5) is 5.69 Å². The average molecular weight is 205 g/mol. The number of benzene rings is 1. The Labute approximate surface area is 91.6 Å². The number of anilines is 1. The first-order valence-electron chi connectivity index (χ1n) is 5.53. The fraction of sp³-hybridized carbons (Fsp3) is 0.538. The van der Waals surface area contributed by atoms with Gasteiger partial charge in [-0.25, -0.2) is 0 Å². The number of nitrogens with one attached hydrogen (secondary N) is 1. The number of hydrogen-bond donors (Lipinski definition) is 1. The third kappa shape index (κ3) is 1.74. The van der Waals surface area contributed by atoms with Crippen LogP contribution in [0.1, 0.15) is 36.1 Å². The number of ether oxygens (including phenoxy) is 1. The van der Waals surface area contributed by atoms with Gasteiger partial charge in [-0.2, -0.15) is 0 Å². The zero-order valence-corrected chi connectivity index (χ0v) is 9.92. The minimum atomic E-state index is 0.246. The van der Waals surface area contributed by atoms with E-state index in [1.54, 1.807) is 7.11 Å². The Bertz CT molecular complexity index is 373. The van der Waals surface area contributed by atoms with Gasteiger partial charge in [0.05, 0.1) is 6.10 Å².